The minimum absolute atomic E-state index is 0. The van der Waals surface area contributed by atoms with Crippen LogP contribution in [0.5, 0.6) is 0 Å². The quantitative estimate of drug-likeness (QED) is 0.310. The highest BCUT2D eigenvalue weighted by atomic mass is 127. The van der Waals surface area contributed by atoms with E-state index in [2.05, 4.69) is 24.2 Å². The zero-order chi connectivity index (χ0) is 19.9. The van der Waals surface area contributed by atoms with Crippen LogP contribution < -0.4 is 5.32 Å². The Morgan fingerprint density at radius 3 is 2.57 bits per heavy atom. The monoisotopic (exact) mass is 544 g/mol. The standard InChI is InChI=1S/C18H32N4O3S2.HI/c1-5-19-18(22(4)11-8-15-9-12-25-13-10-15)20-14-16-6-7-17(26-16)27(23,24)21(2)3;/h6-7,15H,5,8-14H2,1-4H3,(H,19,20);1H. The maximum atomic E-state index is 12.2. The molecule has 0 atom stereocenters. The highest BCUT2D eigenvalue weighted by molar-refractivity contribution is 14.0. The number of ether oxygens (including phenoxy) is 1. The van der Waals surface area contributed by atoms with E-state index in [4.69, 9.17) is 9.73 Å². The molecule has 0 unspecified atom stereocenters. The predicted octanol–water partition coefficient (Wildman–Crippen LogP) is 2.83. The van der Waals surface area contributed by atoms with E-state index >= 15 is 0 Å². The summed E-state index contributed by atoms with van der Waals surface area (Å²) in [5.41, 5.74) is 0. The molecule has 1 aromatic heterocycles. The fourth-order valence-electron chi connectivity index (χ4n) is 2.90. The first-order chi connectivity index (χ1) is 12.8. The number of nitrogens with one attached hydrogen (secondary N) is 1. The zero-order valence-electron chi connectivity index (χ0n) is 17.2. The average Bonchev–Trinajstić information content (AvgIpc) is 3.13. The number of guanidine groups is 1. The third kappa shape index (κ3) is 7.43. The Morgan fingerprint density at radius 1 is 1.29 bits per heavy atom. The number of rotatable bonds is 8. The van der Waals surface area contributed by atoms with Gasteiger partial charge < -0.3 is 15.0 Å². The molecule has 0 saturated carbocycles. The highest BCUT2D eigenvalue weighted by Gasteiger charge is 2.19. The van der Waals surface area contributed by atoms with Gasteiger partial charge in [-0.2, -0.15) is 0 Å². The summed E-state index contributed by atoms with van der Waals surface area (Å²) in [5, 5.41) is 3.33. The van der Waals surface area contributed by atoms with Gasteiger partial charge in [0.15, 0.2) is 5.96 Å². The first-order valence-corrected chi connectivity index (χ1v) is 11.7. The molecule has 0 spiro atoms. The van der Waals surface area contributed by atoms with Gasteiger partial charge in [-0.1, -0.05) is 0 Å². The van der Waals surface area contributed by atoms with Crippen LogP contribution in [0.15, 0.2) is 21.3 Å². The topological polar surface area (TPSA) is 74.2 Å². The van der Waals surface area contributed by atoms with Crippen molar-refractivity contribution in [2.45, 2.75) is 36.9 Å². The van der Waals surface area contributed by atoms with E-state index in [1.807, 2.05) is 6.07 Å². The number of thiophene rings is 1. The van der Waals surface area contributed by atoms with Crippen LogP contribution >= 0.6 is 35.3 Å². The van der Waals surface area contributed by atoms with Crippen molar-refractivity contribution in [3.63, 3.8) is 0 Å². The number of halogens is 1. The van der Waals surface area contributed by atoms with E-state index in [0.717, 1.165) is 62.3 Å². The van der Waals surface area contributed by atoms with Gasteiger partial charge in [0, 0.05) is 52.3 Å². The molecule has 1 saturated heterocycles. The summed E-state index contributed by atoms with van der Waals surface area (Å²) in [6.07, 6.45) is 3.41. The van der Waals surface area contributed by atoms with E-state index in [1.54, 1.807) is 20.2 Å². The molecule has 162 valence electrons. The lowest BCUT2D eigenvalue weighted by Crippen LogP contribution is -2.40. The molecular weight excluding hydrogens is 511 g/mol. The van der Waals surface area contributed by atoms with Gasteiger partial charge in [-0.25, -0.2) is 17.7 Å². The zero-order valence-corrected chi connectivity index (χ0v) is 21.1. The third-order valence-corrected chi connectivity index (χ3v) is 8.02. The largest absolute Gasteiger partial charge is 0.381 e. The first kappa shape index (κ1) is 25.6. The van der Waals surface area contributed by atoms with E-state index < -0.39 is 10.0 Å². The van der Waals surface area contributed by atoms with Crippen molar-refractivity contribution >= 4 is 51.3 Å². The molecule has 28 heavy (non-hydrogen) atoms. The van der Waals surface area contributed by atoms with Crippen LogP contribution in [-0.2, 0) is 21.3 Å². The number of nitrogens with zero attached hydrogens (tertiary/aromatic N) is 3. The molecule has 1 fully saturated rings. The number of hydrogen-bond donors (Lipinski definition) is 1. The predicted molar refractivity (Wildman–Crippen MR) is 126 cm³/mol. The molecule has 10 heteroatoms. The maximum absolute atomic E-state index is 12.2. The second-order valence-electron chi connectivity index (χ2n) is 6.94. The summed E-state index contributed by atoms with van der Waals surface area (Å²) in [7, 11) is 1.77. The van der Waals surface area contributed by atoms with Crippen molar-refractivity contribution in [1.82, 2.24) is 14.5 Å². The minimum atomic E-state index is -3.38. The molecule has 1 N–H and O–H groups in total. The van der Waals surface area contributed by atoms with Crippen LogP contribution in [0.3, 0.4) is 0 Å². The number of sulfonamides is 1. The highest BCUT2D eigenvalue weighted by Crippen LogP contribution is 2.24. The molecule has 2 heterocycles. The molecule has 2 rings (SSSR count). The smallest absolute Gasteiger partial charge is 0.252 e. The SMILES string of the molecule is CCNC(=NCc1ccc(S(=O)(=O)N(C)C)s1)N(C)CCC1CCOCC1.I. The van der Waals surface area contributed by atoms with Gasteiger partial charge in [0.1, 0.15) is 4.21 Å². The second kappa shape index (κ2) is 12.3. The molecule has 0 amide bonds. The van der Waals surface area contributed by atoms with Crippen molar-refractivity contribution < 1.29 is 13.2 Å². The van der Waals surface area contributed by atoms with E-state index in [9.17, 15) is 8.42 Å². The normalized spacial score (nSPS) is 16.1. The Hall–Kier alpha value is -0.430. The lowest BCUT2D eigenvalue weighted by Gasteiger charge is -2.26. The summed E-state index contributed by atoms with van der Waals surface area (Å²) in [4.78, 5) is 7.79. The lowest BCUT2D eigenvalue weighted by atomic mass is 9.96. The van der Waals surface area contributed by atoms with Gasteiger partial charge in [0.25, 0.3) is 10.0 Å². The number of aliphatic imine (C=N–C) groups is 1. The summed E-state index contributed by atoms with van der Waals surface area (Å²) in [6, 6.07) is 3.50. The molecule has 0 aliphatic carbocycles. The van der Waals surface area contributed by atoms with Gasteiger partial charge >= 0.3 is 0 Å². The van der Waals surface area contributed by atoms with Gasteiger partial charge in [-0.05, 0) is 44.2 Å². The first-order valence-electron chi connectivity index (χ1n) is 9.43. The molecule has 0 radical (unpaired) electrons. The van der Waals surface area contributed by atoms with Gasteiger partial charge in [0.2, 0.25) is 0 Å². The third-order valence-electron chi connectivity index (χ3n) is 4.67. The Morgan fingerprint density at radius 2 is 1.96 bits per heavy atom. The molecule has 0 bridgehead atoms. The Labute approximate surface area is 190 Å². The van der Waals surface area contributed by atoms with Crippen LogP contribution in [-0.4, -0.2) is 71.0 Å². The fourth-order valence-corrected chi connectivity index (χ4v) is 5.35. The van der Waals surface area contributed by atoms with E-state index in [0.29, 0.717) is 10.8 Å². The minimum Gasteiger partial charge on any atom is -0.381 e. The van der Waals surface area contributed by atoms with Crippen LogP contribution in [0.4, 0.5) is 0 Å². The summed E-state index contributed by atoms with van der Waals surface area (Å²) < 4.78 is 31.4. The van der Waals surface area contributed by atoms with E-state index in [1.165, 1.54) is 15.6 Å². The van der Waals surface area contributed by atoms with Gasteiger partial charge in [-0.3, -0.25) is 0 Å². The average molecular weight is 545 g/mol. The van der Waals surface area contributed by atoms with Crippen molar-refractivity contribution in [3.05, 3.63) is 17.0 Å². The summed E-state index contributed by atoms with van der Waals surface area (Å²) in [6.45, 7) is 6.01. The maximum Gasteiger partial charge on any atom is 0.252 e. The van der Waals surface area contributed by atoms with Crippen LogP contribution in [0, 0.1) is 5.92 Å². The van der Waals surface area contributed by atoms with Gasteiger partial charge in [0.05, 0.1) is 6.54 Å². The van der Waals surface area contributed by atoms with Crippen LogP contribution in [0.2, 0.25) is 0 Å². The van der Waals surface area contributed by atoms with Crippen LogP contribution in [0.25, 0.3) is 0 Å². The summed E-state index contributed by atoms with van der Waals surface area (Å²) in [5.74, 6) is 1.58. The fraction of sp³-hybridized carbons (Fsp3) is 0.722. The van der Waals surface area contributed by atoms with Gasteiger partial charge in [-0.15, -0.1) is 35.3 Å². The Bertz CT molecular complexity index is 716. The Balaban J connectivity index is 0.00000392. The second-order valence-corrected chi connectivity index (χ2v) is 10.5. The number of hydrogen-bond acceptors (Lipinski definition) is 5. The van der Waals surface area contributed by atoms with Crippen molar-refractivity contribution in [2.75, 3.05) is 47.4 Å². The Kier molecular flexibility index (Phi) is 11.3. The molecule has 1 aliphatic rings. The molecule has 0 aromatic carbocycles. The molecular formula is C18H33IN4O3S2. The molecule has 7 nitrogen and oxygen atoms in total. The molecule has 1 aliphatic heterocycles. The van der Waals surface area contributed by atoms with E-state index in [-0.39, 0.29) is 24.0 Å². The van der Waals surface area contributed by atoms with Crippen LogP contribution in [0.1, 0.15) is 31.1 Å². The summed E-state index contributed by atoms with van der Waals surface area (Å²) >= 11 is 1.28. The van der Waals surface area contributed by atoms with Crippen molar-refractivity contribution in [2.24, 2.45) is 10.9 Å². The lowest BCUT2D eigenvalue weighted by molar-refractivity contribution is 0.0625. The molecule has 1 aromatic rings. The van der Waals surface area contributed by atoms with Crippen molar-refractivity contribution in [3.8, 4) is 0 Å². The van der Waals surface area contributed by atoms with Crippen molar-refractivity contribution in [1.29, 1.82) is 0 Å².